The molecule has 0 atom stereocenters. The van der Waals surface area contributed by atoms with Crippen molar-refractivity contribution in [2.24, 2.45) is 0 Å². The Kier molecular flexibility index (Phi) is 2.45. The maximum Gasteiger partial charge on any atom is 0.252 e. The summed E-state index contributed by atoms with van der Waals surface area (Å²) in [5, 5.41) is 3.10. The van der Waals surface area contributed by atoms with Crippen LogP contribution in [0, 0.1) is 0 Å². The quantitative estimate of drug-likeness (QED) is 0.837. The Morgan fingerprint density at radius 1 is 1.47 bits per heavy atom. The summed E-state index contributed by atoms with van der Waals surface area (Å²) in [6.07, 6.45) is 1.41. The Balaban J connectivity index is 2.04. The molecule has 1 aromatic heterocycles. The first-order chi connectivity index (χ1) is 6.89. The molecule has 2 nitrogen and oxygen atoms in total. The maximum absolute atomic E-state index is 12.8. The van der Waals surface area contributed by atoms with E-state index in [1.807, 2.05) is 0 Å². The van der Waals surface area contributed by atoms with Gasteiger partial charge < -0.3 is 5.32 Å². The van der Waals surface area contributed by atoms with Crippen LogP contribution in [0.4, 0.5) is 14.5 Å². The van der Waals surface area contributed by atoms with Crippen LogP contribution < -0.4 is 5.32 Å². The van der Waals surface area contributed by atoms with Gasteiger partial charge in [-0.05, 0) is 35.0 Å². The molecule has 1 heterocycles. The zero-order valence-electron chi connectivity index (χ0n) is 8.23. The molecule has 5 heteroatoms. The Hall–Kier alpha value is -0.710. The van der Waals surface area contributed by atoms with Crippen molar-refractivity contribution >= 4 is 21.6 Å². The lowest BCUT2D eigenvalue weighted by molar-refractivity contribution is -0.109. The molecule has 1 aliphatic carbocycles. The van der Waals surface area contributed by atoms with Gasteiger partial charge in [0.2, 0.25) is 0 Å². The molecule has 0 saturated heterocycles. The highest BCUT2D eigenvalue weighted by molar-refractivity contribution is 9.10. The Bertz CT molecular complexity index is 373. The molecular formula is C10H11BrF2N2. The van der Waals surface area contributed by atoms with Gasteiger partial charge in [0.05, 0.1) is 0 Å². The summed E-state index contributed by atoms with van der Waals surface area (Å²) >= 11 is 3.23. The second-order valence-corrected chi connectivity index (χ2v) is 5.07. The zero-order valence-corrected chi connectivity index (χ0v) is 9.81. The minimum atomic E-state index is -2.51. The number of hydrogen-bond donors (Lipinski definition) is 1. The normalized spacial score (nSPS) is 21.9. The molecule has 0 aliphatic heterocycles. The summed E-state index contributed by atoms with van der Waals surface area (Å²) in [6, 6.07) is 3.55. The summed E-state index contributed by atoms with van der Waals surface area (Å²) in [5.41, 5.74) is 0.319. The molecule has 0 bridgehead atoms. The molecule has 1 fully saturated rings. The number of alkyl halides is 2. The third kappa shape index (κ3) is 2.45. The summed E-state index contributed by atoms with van der Waals surface area (Å²) < 4.78 is 26.2. The molecule has 1 aromatic rings. The first-order valence-corrected chi connectivity index (χ1v) is 5.46. The van der Waals surface area contributed by atoms with E-state index in [1.165, 1.54) is 0 Å². The standard InChI is InChI=1S/C10H11BrF2N2/c1-9(5-10(12,13)6-9)15-7-2-3-14-8(11)4-7/h2-4H,5-6H2,1H3,(H,14,15). The first-order valence-electron chi connectivity index (χ1n) is 4.66. The van der Waals surface area contributed by atoms with E-state index in [0.29, 0.717) is 4.60 Å². The van der Waals surface area contributed by atoms with Crippen molar-refractivity contribution < 1.29 is 8.78 Å². The average Bonchev–Trinajstić information content (AvgIpc) is 1.98. The van der Waals surface area contributed by atoms with Crippen LogP contribution in [0.2, 0.25) is 0 Å². The van der Waals surface area contributed by atoms with E-state index in [9.17, 15) is 8.78 Å². The van der Waals surface area contributed by atoms with Gasteiger partial charge in [-0.15, -0.1) is 0 Å². The van der Waals surface area contributed by atoms with E-state index < -0.39 is 11.5 Å². The topological polar surface area (TPSA) is 24.9 Å². The van der Waals surface area contributed by atoms with Crippen LogP contribution in [0.25, 0.3) is 0 Å². The average molecular weight is 277 g/mol. The smallest absolute Gasteiger partial charge is 0.252 e. The predicted octanol–water partition coefficient (Wildman–Crippen LogP) is 3.44. The highest BCUT2D eigenvalue weighted by Crippen LogP contribution is 2.46. The third-order valence-corrected chi connectivity index (χ3v) is 2.90. The number of anilines is 1. The van der Waals surface area contributed by atoms with E-state index in [0.717, 1.165) is 5.69 Å². The molecule has 2 rings (SSSR count). The van der Waals surface area contributed by atoms with Gasteiger partial charge in [0.1, 0.15) is 4.60 Å². The van der Waals surface area contributed by atoms with Gasteiger partial charge in [0, 0.05) is 30.3 Å². The zero-order chi connectivity index (χ0) is 11.1. The summed E-state index contributed by atoms with van der Waals surface area (Å²) in [6.45, 7) is 1.80. The van der Waals surface area contributed by atoms with Crippen LogP contribution in [0.5, 0.6) is 0 Å². The molecular weight excluding hydrogens is 266 g/mol. The molecule has 82 valence electrons. The van der Waals surface area contributed by atoms with Crippen LogP contribution in [-0.2, 0) is 0 Å². The minimum absolute atomic E-state index is 0.111. The summed E-state index contributed by atoms with van der Waals surface area (Å²) in [4.78, 5) is 3.97. The van der Waals surface area contributed by atoms with Crippen LogP contribution in [0.3, 0.4) is 0 Å². The largest absolute Gasteiger partial charge is 0.379 e. The van der Waals surface area contributed by atoms with Gasteiger partial charge in [0.25, 0.3) is 5.92 Å². The van der Waals surface area contributed by atoms with Crippen LogP contribution in [0.1, 0.15) is 19.8 Å². The van der Waals surface area contributed by atoms with E-state index in [2.05, 4.69) is 26.2 Å². The lowest BCUT2D eigenvalue weighted by atomic mass is 9.75. The highest BCUT2D eigenvalue weighted by atomic mass is 79.9. The lowest BCUT2D eigenvalue weighted by Gasteiger charge is -2.45. The van der Waals surface area contributed by atoms with Crippen molar-refractivity contribution in [3.05, 3.63) is 22.9 Å². The number of halogens is 3. The van der Waals surface area contributed by atoms with Gasteiger partial charge in [0.15, 0.2) is 0 Å². The molecule has 0 unspecified atom stereocenters. The second kappa shape index (κ2) is 3.40. The third-order valence-electron chi connectivity index (χ3n) is 2.47. The number of aromatic nitrogens is 1. The fourth-order valence-corrected chi connectivity index (χ4v) is 2.37. The van der Waals surface area contributed by atoms with Crippen molar-refractivity contribution in [1.29, 1.82) is 0 Å². The van der Waals surface area contributed by atoms with Gasteiger partial charge in [-0.2, -0.15) is 0 Å². The highest BCUT2D eigenvalue weighted by Gasteiger charge is 2.53. The Morgan fingerprint density at radius 2 is 2.13 bits per heavy atom. The van der Waals surface area contributed by atoms with Gasteiger partial charge >= 0.3 is 0 Å². The minimum Gasteiger partial charge on any atom is -0.379 e. The molecule has 1 saturated carbocycles. The van der Waals surface area contributed by atoms with Gasteiger partial charge in [-0.3, -0.25) is 0 Å². The van der Waals surface area contributed by atoms with Crippen LogP contribution in [0.15, 0.2) is 22.9 Å². The number of nitrogens with one attached hydrogen (secondary N) is 1. The number of hydrogen-bond acceptors (Lipinski definition) is 2. The predicted molar refractivity (Wildman–Crippen MR) is 58.1 cm³/mol. The fourth-order valence-electron chi connectivity index (χ4n) is 2.01. The Labute approximate surface area is 95.2 Å². The van der Waals surface area contributed by atoms with E-state index in [-0.39, 0.29) is 12.8 Å². The second-order valence-electron chi connectivity index (χ2n) is 4.26. The van der Waals surface area contributed by atoms with E-state index in [1.54, 1.807) is 25.3 Å². The number of nitrogens with zero attached hydrogens (tertiary/aromatic N) is 1. The van der Waals surface area contributed by atoms with Crippen molar-refractivity contribution in [3.63, 3.8) is 0 Å². The van der Waals surface area contributed by atoms with Gasteiger partial charge in [-0.25, -0.2) is 13.8 Å². The van der Waals surface area contributed by atoms with Crippen LogP contribution >= 0.6 is 15.9 Å². The van der Waals surface area contributed by atoms with E-state index >= 15 is 0 Å². The van der Waals surface area contributed by atoms with Crippen LogP contribution in [-0.4, -0.2) is 16.4 Å². The number of pyridine rings is 1. The van der Waals surface area contributed by atoms with Crippen molar-refractivity contribution in [2.75, 3.05) is 5.32 Å². The lowest BCUT2D eigenvalue weighted by Crippen LogP contribution is -2.54. The van der Waals surface area contributed by atoms with E-state index in [4.69, 9.17) is 0 Å². The molecule has 0 spiro atoms. The molecule has 1 N–H and O–H groups in total. The van der Waals surface area contributed by atoms with Crippen molar-refractivity contribution in [1.82, 2.24) is 4.98 Å². The summed E-state index contributed by atoms with van der Waals surface area (Å²) in [7, 11) is 0. The Morgan fingerprint density at radius 3 is 2.67 bits per heavy atom. The maximum atomic E-state index is 12.8. The molecule has 0 radical (unpaired) electrons. The summed E-state index contributed by atoms with van der Waals surface area (Å²) in [5.74, 6) is -2.51. The molecule has 1 aliphatic rings. The first kappa shape index (κ1) is 10.8. The van der Waals surface area contributed by atoms with Crippen molar-refractivity contribution in [3.8, 4) is 0 Å². The molecule has 15 heavy (non-hydrogen) atoms. The SMILES string of the molecule is CC1(Nc2ccnc(Br)c2)CC(F)(F)C1. The molecule has 0 amide bonds. The number of rotatable bonds is 2. The fraction of sp³-hybridized carbons (Fsp3) is 0.500. The van der Waals surface area contributed by atoms with Crippen molar-refractivity contribution in [2.45, 2.75) is 31.2 Å². The van der Waals surface area contributed by atoms with Gasteiger partial charge in [-0.1, -0.05) is 0 Å². The monoisotopic (exact) mass is 276 g/mol. The molecule has 0 aromatic carbocycles.